The maximum absolute atomic E-state index is 12.1. The van der Waals surface area contributed by atoms with Gasteiger partial charge in [-0.15, -0.1) is 0 Å². The minimum atomic E-state index is -0.558. The lowest BCUT2D eigenvalue weighted by Crippen LogP contribution is -2.30. The molecule has 2 aromatic carbocycles. The lowest BCUT2D eigenvalue weighted by atomic mass is 10.1. The Morgan fingerprint density at radius 2 is 1.90 bits per heavy atom. The van der Waals surface area contributed by atoms with Crippen LogP contribution in [0.25, 0.3) is 0 Å². The highest BCUT2D eigenvalue weighted by atomic mass is 16.6. The Kier molecular flexibility index (Phi) is 4.63. The number of benzene rings is 2. The van der Waals surface area contributed by atoms with Crippen LogP contribution in [0.5, 0.6) is 0 Å². The lowest BCUT2D eigenvalue weighted by molar-refractivity contribution is -0.384. The summed E-state index contributed by atoms with van der Waals surface area (Å²) in [6.07, 6.45) is 0. The molecule has 2 rings (SSSR count). The number of nitrogens with one attached hydrogen (secondary N) is 1. The van der Waals surface area contributed by atoms with Crippen molar-refractivity contribution in [2.24, 2.45) is 0 Å². The Morgan fingerprint density at radius 3 is 2.52 bits per heavy atom. The topological polar surface area (TPSA) is 92.5 Å². The highest BCUT2D eigenvalue weighted by Gasteiger charge is 2.16. The number of carbonyl (C=O) groups excluding carboxylic acids is 1. The van der Waals surface area contributed by atoms with Gasteiger partial charge in [0.1, 0.15) is 0 Å². The fraction of sp³-hybridized carbons (Fsp3) is 0.133. The number of hydrogen-bond acceptors (Lipinski definition) is 4. The van der Waals surface area contributed by atoms with Crippen LogP contribution in [0.2, 0.25) is 0 Å². The zero-order chi connectivity index (χ0) is 15.2. The molecule has 6 nitrogen and oxygen atoms in total. The van der Waals surface area contributed by atoms with Gasteiger partial charge in [-0.1, -0.05) is 36.4 Å². The number of rotatable bonds is 5. The van der Waals surface area contributed by atoms with Gasteiger partial charge >= 0.3 is 0 Å². The van der Waals surface area contributed by atoms with Crippen molar-refractivity contribution in [3.05, 3.63) is 75.8 Å². The first-order chi connectivity index (χ1) is 10.1. The Balaban J connectivity index is 2.17. The van der Waals surface area contributed by atoms with E-state index in [4.69, 9.17) is 0 Å². The van der Waals surface area contributed by atoms with Gasteiger partial charge in [-0.05, 0) is 11.6 Å². The average Bonchev–Trinajstić information content (AvgIpc) is 2.53. The van der Waals surface area contributed by atoms with Gasteiger partial charge in [-0.25, -0.2) is 0 Å². The Hall–Kier alpha value is -2.73. The zero-order valence-corrected chi connectivity index (χ0v) is 11.1. The van der Waals surface area contributed by atoms with Crippen LogP contribution in [0, 0.1) is 10.1 Å². The second kappa shape index (κ2) is 6.62. The maximum atomic E-state index is 12.1. The molecule has 0 saturated carbocycles. The Bertz CT molecular complexity index is 643. The van der Waals surface area contributed by atoms with Crippen LogP contribution in [0.15, 0.2) is 54.6 Å². The van der Waals surface area contributed by atoms with Gasteiger partial charge < -0.3 is 10.4 Å². The van der Waals surface area contributed by atoms with E-state index in [-0.39, 0.29) is 17.9 Å². The molecule has 0 fully saturated rings. The van der Waals surface area contributed by atoms with E-state index in [1.54, 1.807) is 24.3 Å². The molecule has 0 bridgehead atoms. The van der Waals surface area contributed by atoms with Crippen LogP contribution in [0.4, 0.5) is 5.69 Å². The largest absolute Gasteiger partial charge is 0.394 e. The number of amides is 1. The highest BCUT2D eigenvalue weighted by molar-refractivity contribution is 5.95. The number of non-ortho nitro benzene ring substituents is 1. The zero-order valence-electron chi connectivity index (χ0n) is 11.1. The van der Waals surface area contributed by atoms with Crippen molar-refractivity contribution in [1.29, 1.82) is 0 Å². The SMILES string of the molecule is O=C(N[C@@H](CO)c1ccccc1)c1cccc([N+](=O)[O-])c1. The first kappa shape index (κ1) is 14.7. The number of aliphatic hydroxyl groups is 1. The number of nitro benzene ring substituents is 1. The van der Waals surface area contributed by atoms with E-state index in [2.05, 4.69) is 5.32 Å². The number of aliphatic hydroxyl groups excluding tert-OH is 1. The molecule has 0 aliphatic heterocycles. The molecule has 1 atom stereocenters. The summed E-state index contributed by atoms with van der Waals surface area (Å²) in [6, 6.07) is 13.9. The van der Waals surface area contributed by atoms with E-state index in [0.717, 1.165) is 5.56 Å². The monoisotopic (exact) mass is 286 g/mol. The summed E-state index contributed by atoms with van der Waals surface area (Å²) in [4.78, 5) is 22.3. The van der Waals surface area contributed by atoms with Gasteiger partial charge in [-0.3, -0.25) is 14.9 Å². The predicted octanol–water partition coefficient (Wildman–Crippen LogP) is 2.06. The normalized spacial score (nSPS) is 11.7. The molecule has 21 heavy (non-hydrogen) atoms. The van der Waals surface area contributed by atoms with E-state index in [9.17, 15) is 20.0 Å². The van der Waals surface area contributed by atoms with Crippen molar-refractivity contribution in [3.8, 4) is 0 Å². The van der Waals surface area contributed by atoms with Crippen molar-refractivity contribution in [3.63, 3.8) is 0 Å². The van der Waals surface area contributed by atoms with Gasteiger partial charge in [0.2, 0.25) is 0 Å². The third-order valence-electron chi connectivity index (χ3n) is 3.01. The second-order valence-electron chi connectivity index (χ2n) is 4.43. The molecule has 0 spiro atoms. The molecule has 108 valence electrons. The van der Waals surface area contributed by atoms with Gasteiger partial charge in [-0.2, -0.15) is 0 Å². The van der Waals surface area contributed by atoms with Crippen molar-refractivity contribution in [2.45, 2.75) is 6.04 Å². The third-order valence-corrected chi connectivity index (χ3v) is 3.01. The van der Waals surface area contributed by atoms with Gasteiger partial charge in [0, 0.05) is 17.7 Å². The minimum absolute atomic E-state index is 0.150. The van der Waals surface area contributed by atoms with Crippen LogP contribution >= 0.6 is 0 Å². The molecule has 0 aromatic heterocycles. The summed E-state index contributed by atoms with van der Waals surface area (Å²) >= 11 is 0. The quantitative estimate of drug-likeness (QED) is 0.650. The summed E-state index contributed by atoms with van der Waals surface area (Å²) in [5, 5.41) is 22.8. The van der Waals surface area contributed by atoms with Gasteiger partial charge in [0.05, 0.1) is 17.6 Å². The van der Waals surface area contributed by atoms with E-state index in [0.29, 0.717) is 0 Å². The van der Waals surface area contributed by atoms with Crippen LogP contribution in [-0.2, 0) is 0 Å². The smallest absolute Gasteiger partial charge is 0.270 e. The van der Waals surface area contributed by atoms with Crippen molar-refractivity contribution >= 4 is 11.6 Å². The highest BCUT2D eigenvalue weighted by Crippen LogP contribution is 2.16. The van der Waals surface area contributed by atoms with E-state index < -0.39 is 16.9 Å². The first-order valence-electron chi connectivity index (χ1n) is 6.33. The molecule has 2 aromatic rings. The molecule has 0 saturated heterocycles. The average molecular weight is 286 g/mol. The molecule has 0 aliphatic carbocycles. The van der Waals surface area contributed by atoms with Crippen LogP contribution < -0.4 is 5.32 Å². The number of nitrogens with zero attached hydrogens (tertiary/aromatic N) is 1. The second-order valence-corrected chi connectivity index (χ2v) is 4.43. The molecule has 0 radical (unpaired) electrons. The molecule has 0 heterocycles. The standard InChI is InChI=1S/C15H14N2O4/c18-10-14(11-5-2-1-3-6-11)16-15(19)12-7-4-8-13(9-12)17(20)21/h1-9,14,18H,10H2,(H,16,19)/t14-/m0/s1. The minimum Gasteiger partial charge on any atom is -0.394 e. The summed E-state index contributed by atoms with van der Waals surface area (Å²) in [7, 11) is 0. The fourth-order valence-corrected chi connectivity index (χ4v) is 1.92. The summed E-state index contributed by atoms with van der Waals surface area (Å²) in [6.45, 7) is -0.259. The molecular formula is C15H14N2O4. The fourth-order valence-electron chi connectivity index (χ4n) is 1.92. The third kappa shape index (κ3) is 3.64. The first-order valence-corrected chi connectivity index (χ1v) is 6.33. The summed E-state index contributed by atoms with van der Waals surface area (Å²) in [5.41, 5.74) is 0.792. The molecule has 1 amide bonds. The molecule has 2 N–H and O–H groups in total. The lowest BCUT2D eigenvalue weighted by Gasteiger charge is -2.16. The van der Waals surface area contributed by atoms with Gasteiger partial charge in [0.15, 0.2) is 0 Å². The van der Waals surface area contributed by atoms with Crippen molar-refractivity contribution in [2.75, 3.05) is 6.61 Å². The van der Waals surface area contributed by atoms with E-state index in [1.165, 1.54) is 24.3 Å². The Morgan fingerprint density at radius 1 is 1.19 bits per heavy atom. The number of nitro groups is 1. The van der Waals surface area contributed by atoms with E-state index in [1.807, 2.05) is 6.07 Å². The van der Waals surface area contributed by atoms with Crippen LogP contribution in [0.3, 0.4) is 0 Å². The van der Waals surface area contributed by atoms with Crippen molar-refractivity contribution < 1.29 is 14.8 Å². The van der Waals surface area contributed by atoms with E-state index >= 15 is 0 Å². The summed E-state index contributed by atoms with van der Waals surface area (Å²) in [5.74, 6) is -0.471. The Labute approximate surface area is 121 Å². The van der Waals surface area contributed by atoms with Crippen LogP contribution in [0.1, 0.15) is 22.0 Å². The predicted molar refractivity (Wildman–Crippen MR) is 76.8 cm³/mol. The van der Waals surface area contributed by atoms with Crippen LogP contribution in [-0.4, -0.2) is 22.5 Å². The number of hydrogen-bond donors (Lipinski definition) is 2. The molecule has 0 aliphatic rings. The van der Waals surface area contributed by atoms with Crippen molar-refractivity contribution in [1.82, 2.24) is 5.32 Å². The molecular weight excluding hydrogens is 272 g/mol. The molecule has 0 unspecified atom stereocenters. The molecule has 6 heteroatoms. The number of carbonyl (C=O) groups is 1. The summed E-state index contributed by atoms with van der Waals surface area (Å²) < 4.78 is 0. The maximum Gasteiger partial charge on any atom is 0.270 e. The van der Waals surface area contributed by atoms with Gasteiger partial charge in [0.25, 0.3) is 11.6 Å².